The first-order chi connectivity index (χ1) is 9.74. The van der Waals surface area contributed by atoms with E-state index in [1.54, 1.807) is 0 Å². The molecule has 2 saturated heterocycles. The SMILES string of the molecule is CCCNC1(C#N)CCCC(N2CC3CCC(C2)O3)C1. The molecule has 1 N–H and O–H groups in total. The molecule has 0 aromatic carbocycles. The van der Waals surface area contributed by atoms with Crippen LogP contribution in [0.1, 0.15) is 51.9 Å². The quantitative estimate of drug-likeness (QED) is 0.854. The topological polar surface area (TPSA) is 48.3 Å². The van der Waals surface area contributed by atoms with Gasteiger partial charge in [0.05, 0.1) is 18.3 Å². The molecule has 4 atom stereocenters. The van der Waals surface area contributed by atoms with E-state index in [-0.39, 0.29) is 5.54 Å². The van der Waals surface area contributed by atoms with Crippen LogP contribution >= 0.6 is 0 Å². The Hall–Kier alpha value is -0.630. The Labute approximate surface area is 122 Å². The summed E-state index contributed by atoms with van der Waals surface area (Å²) in [6.45, 7) is 5.28. The van der Waals surface area contributed by atoms with Crippen LogP contribution in [-0.4, -0.2) is 48.3 Å². The fourth-order valence-corrected chi connectivity index (χ4v) is 4.17. The summed E-state index contributed by atoms with van der Waals surface area (Å²) in [5.41, 5.74) is -0.281. The second-order valence-corrected chi connectivity index (χ2v) is 6.78. The third kappa shape index (κ3) is 2.86. The minimum absolute atomic E-state index is 0.281. The van der Waals surface area contributed by atoms with Crippen LogP contribution in [0.2, 0.25) is 0 Å². The van der Waals surface area contributed by atoms with E-state index in [1.165, 1.54) is 25.7 Å². The van der Waals surface area contributed by atoms with E-state index in [0.29, 0.717) is 18.2 Å². The third-order valence-corrected chi connectivity index (χ3v) is 5.24. The first-order valence-electron chi connectivity index (χ1n) is 8.30. The Morgan fingerprint density at radius 3 is 2.70 bits per heavy atom. The Morgan fingerprint density at radius 2 is 2.05 bits per heavy atom. The molecule has 4 unspecified atom stereocenters. The maximum absolute atomic E-state index is 9.64. The van der Waals surface area contributed by atoms with E-state index < -0.39 is 0 Å². The highest BCUT2D eigenvalue weighted by Crippen LogP contribution is 2.35. The second-order valence-electron chi connectivity index (χ2n) is 6.78. The van der Waals surface area contributed by atoms with Gasteiger partial charge in [-0.1, -0.05) is 6.92 Å². The van der Waals surface area contributed by atoms with Gasteiger partial charge in [-0.05, 0) is 51.5 Å². The number of nitrogens with zero attached hydrogens (tertiary/aromatic N) is 2. The Kier molecular flexibility index (Phi) is 4.30. The Bertz CT molecular complexity index is 368. The van der Waals surface area contributed by atoms with Crippen LogP contribution in [0.3, 0.4) is 0 Å². The zero-order valence-electron chi connectivity index (χ0n) is 12.6. The molecule has 1 saturated carbocycles. The second kappa shape index (κ2) is 6.01. The van der Waals surface area contributed by atoms with Gasteiger partial charge in [0, 0.05) is 19.1 Å². The summed E-state index contributed by atoms with van der Waals surface area (Å²) in [5, 5.41) is 13.2. The molecule has 0 radical (unpaired) electrons. The van der Waals surface area contributed by atoms with Crippen molar-refractivity contribution in [2.45, 2.75) is 75.7 Å². The number of nitriles is 1. The van der Waals surface area contributed by atoms with Crippen LogP contribution in [0.15, 0.2) is 0 Å². The van der Waals surface area contributed by atoms with Gasteiger partial charge in [-0.25, -0.2) is 0 Å². The number of rotatable bonds is 4. The number of ether oxygens (including phenoxy) is 1. The van der Waals surface area contributed by atoms with Crippen molar-refractivity contribution in [2.24, 2.45) is 0 Å². The summed E-state index contributed by atoms with van der Waals surface area (Å²) in [4.78, 5) is 2.62. The highest BCUT2D eigenvalue weighted by Gasteiger charge is 2.42. The molecule has 0 amide bonds. The lowest BCUT2D eigenvalue weighted by Crippen LogP contribution is -2.56. The monoisotopic (exact) mass is 277 g/mol. The van der Waals surface area contributed by atoms with E-state index in [9.17, 15) is 5.26 Å². The van der Waals surface area contributed by atoms with E-state index >= 15 is 0 Å². The predicted octanol–water partition coefficient (Wildman–Crippen LogP) is 2.05. The van der Waals surface area contributed by atoms with Crippen molar-refractivity contribution in [1.82, 2.24) is 10.2 Å². The number of fused-ring (bicyclic) bond motifs is 2. The molecular formula is C16H27N3O. The van der Waals surface area contributed by atoms with Gasteiger partial charge in [0.2, 0.25) is 0 Å². The molecule has 2 aliphatic heterocycles. The first-order valence-corrected chi connectivity index (χ1v) is 8.30. The van der Waals surface area contributed by atoms with Gasteiger partial charge in [-0.2, -0.15) is 5.26 Å². The lowest BCUT2D eigenvalue weighted by molar-refractivity contribution is -0.0608. The molecular weight excluding hydrogens is 250 g/mol. The summed E-state index contributed by atoms with van der Waals surface area (Å²) >= 11 is 0. The van der Waals surface area contributed by atoms with Crippen molar-refractivity contribution in [3.8, 4) is 6.07 Å². The van der Waals surface area contributed by atoms with E-state index in [2.05, 4.69) is 23.2 Å². The van der Waals surface area contributed by atoms with Crippen LogP contribution < -0.4 is 5.32 Å². The number of hydrogen-bond acceptors (Lipinski definition) is 4. The summed E-state index contributed by atoms with van der Waals surface area (Å²) in [5.74, 6) is 0. The van der Waals surface area contributed by atoms with E-state index in [4.69, 9.17) is 4.74 Å². The van der Waals surface area contributed by atoms with E-state index in [1.807, 2.05) is 0 Å². The van der Waals surface area contributed by atoms with Crippen molar-refractivity contribution in [3.05, 3.63) is 0 Å². The average Bonchev–Trinajstić information content (AvgIpc) is 2.84. The Morgan fingerprint density at radius 1 is 1.30 bits per heavy atom. The van der Waals surface area contributed by atoms with Gasteiger partial charge in [-0.3, -0.25) is 10.2 Å². The standard InChI is InChI=1S/C16H27N3O/c1-2-8-18-16(12-17)7-3-4-13(9-16)19-10-14-5-6-15(11-19)20-14/h13-15,18H,2-11H2,1H3. The fraction of sp³-hybridized carbons (Fsp3) is 0.938. The zero-order valence-corrected chi connectivity index (χ0v) is 12.6. The van der Waals surface area contributed by atoms with Gasteiger partial charge < -0.3 is 4.74 Å². The predicted molar refractivity (Wildman–Crippen MR) is 78.4 cm³/mol. The molecule has 2 bridgehead atoms. The largest absolute Gasteiger partial charge is 0.372 e. The molecule has 3 fully saturated rings. The number of nitrogens with one attached hydrogen (secondary N) is 1. The van der Waals surface area contributed by atoms with Gasteiger partial charge >= 0.3 is 0 Å². The molecule has 1 aliphatic carbocycles. The first kappa shape index (κ1) is 14.3. The molecule has 4 nitrogen and oxygen atoms in total. The molecule has 0 aromatic rings. The van der Waals surface area contributed by atoms with Gasteiger partial charge in [-0.15, -0.1) is 0 Å². The molecule has 112 valence electrons. The number of likely N-dealkylation sites (tertiary alicyclic amines) is 1. The number of morpholine rings is 1. The van der Waals surface area contributed by atoms with Crippen molar-refractivity contribution < 1.29 is 4.74 Å². The molecule has 3 rings (SSSR count). The molecule has 4 heteroatoms. The normalized spacial score (nSPS) is 41.5. The summed E-state index contributed by atoms with van der Waals surface area (Å²) in [6.07, 6.45) is 8.87. The smallest absolute Gasteiger partial charge is 0.108 e. The molecule has 0 spiro atoms. The van der Waals surface area contributed by atoms with Gasteiger partial charge in [0.1, 0.15) is 5.54 Å². The van der Waals surface area contributed by atoms with Crippen molar-refractivity contribution in [3.63, 3.8) is 0 Å². The lowest BCUT2D eigenvalue weighted by Gasteiger charge is -2.44. The van der Waals surface area contributed by atoms with Crippen LogP contribution in [0.4, 0.5) is 0 Å². The van der Waals surface area contributed by atoms with E-state index in [0.717, 1.165) is 38.9 Å². The maximum Gasteiger partial charge on any atom is 0.108 e. The summed E-state index contributed by atoms with van der Waals surface area (Å²) in [6, 6.07) is 3.16. The highest BCUT2D eigenvalue weighted by atomic mass is 16.5. The molecule has 3 aliphatic rings. The van der Waals surface area contributed by atoms with Gasteiger partial charge in [0.25, 0.3) is 0 Å². The maximum atomic E-state index is 9.64. The average molecular weight is 277 g/mol. The van der Waals surface area contributed by atoms with Gasteiger partial charge in [0.15, 0.2) is 0 Å². The molecule has 20 heavy (non-hydrogen) atoms. The zero-order chi connectivity index (χ0) is 14.0. The van der Waals surface area contributed by atoms with Crippen LogP contribution in [0, 0.1) is 11.3 Å². The van der Waals surface area contributed by atoms with Crippen molar-refractivity contribution in [1.29, 1.82) is 5.26 Å². The Balaban J connectivity index is 1.64. The number of hydrogen-bond donors (Lipinski definition) is 1. The van der Waals surface area contributed by atoms with Crippen LogP contribution in [0.5, 0.6) is 0 Å². The minimum Gasteiger partial charge on any atom is -0.372 e. The summed E-state index contributed by atoms with van der Waals surface area (Å²) in [7, 11) is 0. The van der Waals surface area contributed by atoms with Crippen LogP contribution in [0.25, 0.3) is 0 Å². The minimum atomic E-state index is -0.281. The third-order valence-electron chi connectivity index (χ3n) is 5.24. The summed E-state index contributed by atoms with van der Waals surface area (Å²) < 4.78 is 5.94. The highest BCUT2D eigenvalue weighted by molar-refractivity contribution is 5.11. The van der Waals surface area contributed by atoms with Crippen molar-refractivity contribution in [2.75, 3.05) is 19.6 Å². The fourth-order valence-electron chi connectivity index (χ4n) is 4.17. The molecule has 0 aromatic heterocycles. The molecule has 2 heterocycles. The lowest BCUT2D eigenvalue weighted by atomic mass is 9.79. The van der Waals surface area contributed by atoms with Crippen molar-refractivity contribution >= 4 is 0 Å². The van der Waals surface area contributed by atoms with Crippen LogP contribution in [-0.2, 0) is 4.74 Å².